The van der Waals surface area contributed by atoms with Crippen molar-refractivity contribution >= 4 is 17.5 Å². The van der Waals surface area contributed by atoms with Crippen molar-refractivity contribution < 1.29 is 4.79 Å². The van der Waals surface area contributed by atoms with Crippen LogP contribution in [-0.4, -0.2) is 60.1 Å². The summed E-state index contributed by atoms with van der Waals surface area (Å²) in [4.78, 5) is 22.8. The monoisotopic (exact) mass is 275 g/mol. The molecule has 6 nitrogen and oxygen atoms in total. The molecule has 6 heteroatoms. The van der Waals surface area contributed by atoms with Crippen LogP contribution in [0.5, 0.6) is 0 Å². The number of nitrogens with two attached hydrogens (primary N) is 1. The number of aromatic nitrogens is 1. The summed E-state index contributed by atoms with van der Waals surface area (Å²) < 4.78 is 0. The Labute approximate surface area is 119 Å². The summed E-state index contributed by atoms with van der Waals surface area (Å²) in [5.41, 5.74) is 6.33. The van der Waals surface area contributed by atoms with Gasteiger partial charge < -0.3 is 20.4 Å². The first-order valence-electron chi connectivity index (χ1n) is 7.24. The van der Waals surface area contributed by atoms with E-state index in [2.05, 4.69) is 9.88 Å². The fourth-order valence-electron chi connectivity index (χ4n) is 2.82. The highest BCUT2D eigenvalue weighted by Gasteiger charge is 2.27. The van der Waals surface area contributed by atoms with E-state index in [9.17, 15) is 4.79 Å². The fourth-order valence-corrected chi connectivity index (χ4v) is 2.82. The number of hydrogen-bond donors (Lipinski definition) is 1. The average molecular weight is 275 g/mol. The van der Waals surface area contributed by atoms with E-state index < -0.39 is 0 Å². The van der Waals surface area contributed by atoms with E-state index in [4.69, 9.17) is 5.73 Å². The maximum Gasteiger partial charge on any atom is 0.320 e. The van der Waals surface area contributed by atoms with E-state index in [1.54, 1.807) is 6.20 Å². The second-order valence-electron chi connectivity index (χ2n) is 5.40. The van der Waals surface area contributed by atoms with Crippen molar-refractivity contribution in [2.75, 3.05) is 49.9 Å². The van der Waals surface area contributed by atoms with E-state index in [-0.39, 0.29) is 6.03 Å². The zero-order chi connectivity index (χ0) is 13.9. The first-order valence-corrected chi connectivity index (χ1v) is 7.24. The molecule has 0 unspecified atom stereocenters. The highest BCUT2D eigenvalue weighted by Crippen LogP contribution is 2.17. The van der Waals surface area contributed by atoms with Crippen LogP contribution in [-0.2, 0) is 0 Å². The number of pyridine rings is 1. The number of anilines is 2. The lowest BCUT2D eigenvalue weighted by Crippen LogP contribution is -2.52. The molecule has 2 fully saturated rings. The van der Waals surface area contributed by atoms with Gasteiger partial charge in [0, 0.05) is 39.3 Å². The largest absolute Gasteiger partial charge is 0.397 e. The van der Waals surface area contributed by atoms with Crippen LogP contribution in [0.15, 0.2) is 18.3 Å². The number of hydrogen-bond acceptors (Lipinski definition) is 4. The van der Waals surface area contributed by atoms with Gasteiger partial charge >= 0.3 is 6.03 Å². The summed E-state index contributed by atoms with van der Waals surface area (Å²) in [7, 11) is 0. The van der Waals surface area contributed by atoms with Crippen molar-refractivity contribution in [2.45, 2.75) is 12.8 Å². The van der Waals surface area contributed by atoms with Crippen molar-refractivity contribution in [2.24, 2.45) is 0 Å². The summed E-state index contributed by atoms with van der Waals surface area (Å²) in [6.45, 7) is 5.02. The Morgan fingerprint density at radius 1 is 1.00 bits per heavy atom. The molecule has 108 valence electrons. The minimum Gasteiger partial charge on any atom is -0.397 e. The third-order valence-corrected chi connectivity index (χ3v) is 4.02. The Hall–Kier alpha value is -1.98. The van der Waals surface area contributed by atoms with Gasteiger partial charge in [-0.05, 0) is 25.0 Å². The molecule has 0 aromatic carbocycles. The van der Waals surface area contributed by atoms with Crippen LogP contribution in [0.3, 0.4) is 0 Å². The molecule has 0 radical (unpaired) electrons. The van der Waals surface area contributed by atoms with Crippen molar-refractivity contribution in [1.29, 1.82) is 0 Å². The normalized spacial score (nSPS) is 19.5. The third-order valence-electron chi connectivity index (χ3n) is 4.02. The van der Waals surface area contributed by atoms with Gasteiger partial charge in [0.1, 0.15) is 5.82 Å². The SMILES string of the molecule is Nc1ccc(N2CCN(C(=O)N3CCCC3)CC2)nc1. The Balaban J connectivity index is 1.56. The first kappa shape index (κ1) is 13.0. The number of urea groups is 1. The Bertz CT molecular complexity index is 461. The Morgan fingerprint density at radius 3 is 2.25 bits per heavy atom. The van der Waals surface area contributed by atoms with Gasteiger partial charge in [0.2, 0.25) is 0 Å². The molecule has 3 rings (SSSR count). The second-order valence-corrected chi connectivity index (χ2v) is 5.40. The molecule has 2 aliphatic rings. The van der Waals surface area contributed by atoms with E-state index in [1.807, 2.05) is 21.9 Å². The number of carbonyl (C=O) groups excluding carboxylic acids is 1. The first-order chi connectivity index (χ1) is 9.74. The predicted octanol–water partition coefficient (Wildman–Crippen LogP) is 1.00. The average Bonchev–Trinajstić information content (AvgIpc) is 3.02. The minimum absolute atomic E-state index is 0.201. The van der Waals surface area contributed by atoms with Crippen LogP contribution in [0.25, 0.3) is 0 Å². The molecule has 1 aromatic rings. The van der Waals surface area contributed by atoms with Crippen LogP contribution < -0.4 is 10.6 Å². The van der Waals surface area contributed by atoms with Gasteiger partial charge in [-0.15, -0.1) is 0 Å². The zero-order valence-electron chi connectivity index (χ0n) is 11.7. The van der Waals surface area contributed by atoms with Gasteiger partial charge in [-0.1, -0.05) is 0 Å². The van der Waals surface area contributed by atoms with Crippen LogP contribution in [0, 0.1) is 0 Å². The van der Waals surface area contributed by atoms with Crippen LogP contribution in [0.1, 0.15) is 12.8 Å². The summed E-state index contributed by atoms with van der Waals surface area (Å²) in [6, 6.07) is 4.00. The van der Waals surface area contributed by atoms with Gasteiger partial charge in [-0.3, -0.25) is 0 Å². The smallest absolute Gasteiger partial charge is 0.320 e. The molecular weight excluding hydrogens is 254 g/mol. The Morgan fingerprint density at radius 2 is 1.65 bits per heavy atom. The molecule has 3 heterocycles. The quantitative estimate of drug-likeness (QED) is 0.830. The van der Waals surface area contributed by atoms with Gasteiger partial charge in [-0.25, -0.2) is 9.78 Å². The van der Waals surface area contributed by atoms with Crippen LogP contribution in [0.4, 0.5) is 16.3 Å². The Kier molecular flexibility index (Phi) is 3.62. The molecular formula is C14H21N5O. The number of piperazine rings is 1. The molecule has 0 atom stereocenters. The van der Waals surface area contributed by atoms with Crippen molar-refractivity contribution in [3.63, 3.8) is 0 Å². The van der Waals surface area contributed by atoms with Crippen molar-refractivity contribution in [3.8, 4) is 0 Å². The lowest BCUT2D eigenvalue weighted by Gasteiger charge is -2.37. The molecule has 2 amide bonds. The molecule has 2 N–H and O–H groups in total. The number of nitrogen functional groups attached to an aromatic ring is 1. The summed E-state index contributed by atoms with van der Waals surface area (Å²) in [5, 5.41) is 0. The maximum atomic E-state index is 12.3. The summed E-state index contributed by atoms with van der Waals surface area (Å²) in [5.74, 6) is 0.937. The number of rotatable bonds is 1. The minimum atomic E-state index is 0.201. The van der Waals surface area contributed by atoms with Gasteiger partial charge in [-0.2, -0.15) is 0 Å². The van der Waals surface area contributed by atoms with E-state index in [0.717, 1.165) is 57.9 Å². The standard InChI is InChI=1S/C14H21N5O/c15-12-3-4-13(16-11-12)17-7-9-19(10-8-17)14(20)18-5-1-2-6-18/h3-4,11H,1-2,5-10,15H2. The van der Waals surface area contributed by atoms with Gasteiger partial charge in [0.25, 0.3) is 0 Å². The molecule has 0 saturated carbocycles. The van der Waals surface area contributed by atoms with Crippen molar-refractivity contribution in [1.82, 2.24) is 14.8 Å². The molecule has 0 aliphatic carbocycles. The number of carbonyl (C=O) groups is 1. The number of nitrogens with zero attached hydrogens (tertiary/aromatic N) is 4. The third kappa shape index (κ3) is 2.64. The molecule has 0 bridgehead atoms. The fraction of sp³-hybridized carbons (Fsp3) is 0.571. The number of amides is 2. The number of likely N-dealkylation sites (tertiary alicyclic amines) is 1. The molecule has 20 heavy (non-hydrogen) atoms. The summed E-state index contributed by atoms with van der Waals surface area (Å²) in [6.07, 6.45) is 3.96. The van der Waals surface area contributed by atoms with Crippen LogP contribution >= 0.6 is 0 Å². The van der Waals surface area contributed by atoms with E-state index in [0.29, 0.717) is 5.69 Å². The lowest BCUT2D eigenvalue weighted by atomic mass is 10.3. The molecule has 0 spiro atoms. The summed E-state index contributed by atoms with van der Waals surface area (Å²) >= 11 is 0. The molecule has 1 aromatic heterocycles. The van der Waals surface area contributed by atoms with Gasteiger partial charge in [0.05, 0.1) is 11.9 Å². The topological polar surface area (TPSA) is 65.7 Å². The second kappa shape index (κ2) is 5.56. The van der Waals surface area contributed by atoms with Crippen LogP contribution in [0.2, 0.25) is 0 Å². The molecule has 2 saturated heterocycles. The molecule has 2 aliphatic heterocycles. The van der Waals surface area contributed by atoms with E-state index >= 15 is 0 Å². The van der Waals surface area contributed by atoms with E-state index in [1.165, 1.54) is 0 Å². The zero-order valence-corrected chi connectivity index (χ0v) is 11.7. The van der Waals surface area contributed by atoms with Crippen molar-refractivity contribution in [3.05, 3.63) is 18.3 Å². The lowest BCUT2D eigenvalue weighted by molar-refractivity contribution is 0.159. The highest BCUT2D eigenvalue weighted by molar-refractivity contribution is 5.75. The predicted molar refractivity (Wildman–Crippen MR) is 78.6 cm³/mol. The maximum absolute atomic E-state index is 12.3. The van der Waals surface area contributed by atoms with Gasteiger partial charge in [0.15, 0.2) is 0 Å². The highest BCUT2D eigenvalue weighted by atomic mass is 16.2.